The van der Waals surface area contributed by atoms with Crippen molar-refractivity contribution in [2.45, 2.75) is 19.5 Å². The van der Waals surface area contributed by atoms with Crippen molar-refractivity contribution in [3.05, 3.63) is 24.3 Å². The number of hydrogen-bond acceptors (Lipinski definition) is 3. The van der Waals surface area contributed by atoms with Gasteiger partial charge in [-0.15, -0.1) is 0 Å². The van der Waals surface area contributed by atoms with Crippen molar-refractivity contribution < 1.29 is 22.8 Å². The first-order valence-corrected chi connectivity index (χ1v) is 6.27. The van der Waals surface area contributed by atoms with Crippen molar-refractivity contribution in [3.63, 3.8) is 0 Å². The van der Waals surface area contributed by atoms with Gasteiger partial charge in [0.05, 0.1) is 13.1 Å². The summed E-state index contributed by atoms with van der Waals surface area (Å²) in [4.78, 5) is 22.7. The maximum absolute atomic E-state index is 11.9. The Kier molecular flexibility index (Phi) is 6.16. The van der Waals surface area contributed by atoms with Crippen molar-refractivity contribution in [3.8, 4) is 0 Å². The van der Waals surface area contributed by atoms with Gasteiger partial charge in [-0.1, -0.05) is 13.0 Å². The monoisotopic (exact) mass is 303 g/mol. The van der Waals surface area contributed by atoms with Crippen LogP contribution in [0.1, 0.15) is 13.3 Å². The van der Waals surface area contributed by atoms with Gasteiger partial charge in [0.25, 0.3) is 0 Å². The van der Waals surface area contributed by atoms with Gasteiger partial charge in [-0.05, 0) is 18.2 Å². The summed E-state index contributed by atoms with van der Waals surface area (Å²) in [6, 6.07) is 6.35. The van der Waals surface area contributed by atoms with E-state index in [1.165, 1.54) is 6.07 Å². The second-order valence-corrected chi connectivity index (χ2v) is 4.25. The van der Waals surface area contributed by atoms with Crippen molar-refractivity contribution in [1.82, 2.24) is 5.32 Å². The third kappa shape index (κ3) is 7.31. The number of nitrogens with one attached hydrogen (secondary N) is 3. The normalized spacial score (nSPS) is 11.0. The zero-order valence-electron chi connectivity index (χ0n) is 11.4. The number of anilines is 2. The predicted octanol–water partition coefficient (Wildman–Crippen LogP) is 2.13. The summed E-state index contributed by atoms with van der Waals surface area (Å²) in [6.45, 7) is 0.0192. The Morgan fingerprint density at radius 3 is 2.19 bits per heavy atom. The third-order valence-corrected chi connectivity index (χ3v) is 2.36. The molecule has 3 N–H and O–H groups in total. The molecule has 0 aliphatic heterocycles. The van der Waals surface area contributed by atoms with E-state index in [4.69, 9.17) is 0 Å². The molecule has 2 amide bonds. The van der Waals surface area contributed by atoms with Gasteiger partial charge >= 0.3 is 6.18 Å². The first-order valence-electron chi connectivity index (χ1n) is 6.27. The van der Waals surface area contributed by atoms with Crippen molar-refractivity contribution in [2.75, 3.05) is 23.7 Å². The molecule has 5 nitrogen and oxygen atoms in total. The van der Waals surface area contributed by atoms with Crippen LogP contribution >= 0.6 is 0 Å². The summed E-state index contributed by atoms with van der Waals surface area (Å²) in [5.74, 6) is -0.775. The molecule has 0 aliphatic rings. The van der Waals surface area contributed by atoms with Crippen LogP contribution in [0.2, 0.25) is 0 Å². The smallest absolute Gasteiger partial charge is 0.326 e. The topological polar surface area (TPSA) is 70.2 Å². The van der Waals surface area contributed by atoms with Crippen molar-refractivity contribution in [1.29, 1.82) is 0 Å². The second kappa shape index (κ2) is 7.63. The van der Waals surface area contributed by atoms with Gasteiger partial charge in [0, 0.05) is 17.8 Å². The highest BCUT2D eigenvalue weighted by atomic mass is 19.4. The van der Waals surface area contributed by atoms with E-state index in [0.29, 0.717) is 17.8 Å². The van der Waals surface area contributed by atoms with Crippen LogP contribution < -0.4 is 16.0 Å². The van der Waals surface area contributed by atoms with Gasteiger partial charge in [0.15, 0.2) is 0 Å². The van der Waals surface area contributed by atoms with E-state index in [-0.39, 0.29) is 5.91 Å². The molecule has 1 aromatic rings. The van der Waals surface area contributed by atoms with Crippen LogP contribution in [0.3, 0.4) is 0 Å². The Morgan fingerprint density at radius 2 is 1.67 bits per heavy atom. The van der Waals surface area contributed by atoms with Gasteiger partial charge < -0.3 is 16.0 Å². The molecule has 1 rings (SSSR count). The first-order chi connectivity index (χ1) is 9.80. The van der Waals surface area contributed by atoms with E-state index in [1.807, 2.05) is 5.32 Å². The van der Waals surface area contributed by atoms with Crippen LogP contribution in [-0.2, 0) is 9.59 Å². The standard InChI is InChI=1S/C13H16F3N3O2/c1-2-11(20)18-9-4-3-5-10(6-9)19-12(21)7-17-8-13(14,15)16/h3-6,17H,2,7-8H2,1H3,(H,18,20)(H,19,21). The number of rotatable bonds is 6. The zero-order valence-corrected chi connectivity index (χ0v) is 11.4. The number of carbonyl (C=O) groups excluding carboxylic acids is 2. The molecule has 0 spiro atoms. The minimum atomic E-state index is -4.36. The fourth-order valence-electron chi connectivity index (χ4n) is 1.45. The summed E-state index contributed by atoms with van der Waals surface area (Å²) in [7, 11) is 0. The lowest BCUT2D eigenvalue weighted by atomic mass is 10.2. The molecule has 0 saturated carbocycles. The second-order valence-electron chi connectivity index (χ2n) is 4.25. The molecule has 0 heterocycles. The molecule has 0 unspecified atom stereocenters. The van der Waals surface area contributed by atoms with E-state index >= 15 is 0 Å². The fourth-order valence-corrected chi connectivity index (χ4v) is 1.45. The molecule has 0 saturated heterocycles. The Labute approximate surface area is 119 Å². The Balaban J connectivity index is 2.49. The minimum Gasteiger partial charge on any atom is -0.326 e. The first kappa shape index (κ1) is 17.0. The number of amides is 2. The van der Waals surface area contributed by atoms with Crippen molar-refractivity contribution in [2.24, 2.45) is 0 Å². The molecule has 8 heteroatoms. The number of carbonyl (C=O) groups is 2. The molecule has 0 aliphatic carbocycles. The summed E-state index contributed by atoms with van der Waals surface area (Å²) < 4.78 is 35.7. The average molecular weight is 303 g/mol. The summed E-state index contributed by atoms with van der Waals surface area (Å²) in [6.07, 6.45) is -4.04. The summed E-state index contributed by atoms with van der Waals surface area (Å²) in [5.41, 5.74) is 0.894. The third-order valence-electron chi connectivity index (χ3n) is 2.36. The van der Waals surface area contributed by atoms with E-state index in [2.05, 4.69) is 10.6 Å². The molecular formula is C13H16F3N3O2. The number of benzene rings is 1. The highest BCUT2D eigenvalue weighted by Crippen LogP contribution is 2.15. The molecule has 21 heavy (non-hydrogen) atoms. The Hall–Kier alpha value is -2.09. The Morgan fingerprint density at radius 1 is 1.10 bits per heavy atom. The van der Waals surface area contributed by atoms with Crippen LogP contribution in [0, 0.1) is 0 Å². The summed E-state index contributed by atoms with van der Waals surface area (Å²) in [5, 5.41) is 7.05. The van der Waals surface area contributed by atoms with Crippen molar-refractivity contribution >= 4 is 23.2 Å². The molecule has 116 valence electrons. The summed E-state index contributed by atoms with van der Waals surface area (Å²) >= 11 is 0. The zero-order chi connectivity index (χ0) is 15.9. The number of hydrogen-bond donors (Lipinski definition) is 3. The van der Waals surface area contributed by atoms with Gasteiger partial charge in [-0.3, -0.25) is 9.59 Å². The van der Waals surface area contributed by atoms with Crippen LogP contribution in [0.5, 0.6) is 0 Å². The quantitative estimate of drug-likeness (QED) is 0.754. The van der Waals surface area contributed by atoms with Gasteiger partial charge in [0.2, 0.25) is 11.8 Å². The molecule has 1 aromatic carbocycles. The van der Waals surface area contributed by atoms with E-state index < -0.39 is 25.2 Å². The molecule has 0 fully saturated rings. The highest BCUT2D eigenvalue weighted by molar-refractivity contribution is 5.94. The lowest BCUT2D eigenvalue weighted by molar-refractivity contribution is -0.127. The molecule has 0 radical (unpaired) electrons. The van der Waals surface area contributed by atoms with Gasteiger partial charge in [0.1, 0.15) is 0 Å². The number of alkyl halides is 3. The van der Waals surface area contributed by atoms with Crippen LogP contribution in [-0.4, -0.2) is 31.1 Å². The molecular weight excluding hydrogens is 287 g/mol. The van der Waals surface area contributed by atoms with Crippen LogP contribution in [0.15, 0.2) is 24.3 Å². The maximum Gasteiger partial charge on any atom is 0.401 e. The van der Waals surface area contributed by atoms with Gasteiger partial charge in [-0.2, -0.15) is 13.2 Å². The Bertz CT molecular complexity index is 504. The van der Waals surface area contributed by atoms with Crippen LogP contribution in [0.4, 0.5) is 24.5 Å². The van der Waals surface area contributed by atoms with E-state index in [1.54, 1.807) is 25.1 Å². The van der Waals surface area contributed by atoms with Gasteiger partial charge in [-0.25, -0.2) is 0 Å². The lowest BCUT2D eigenvalue weighted by Gasteiger charge is -2.10. The SMILES string of the molecule is CCC(=O)Nc1cccc(NC(=O)CNCC(F)(F)F)c1. The van der Waals surface area contributed by atoms with E-state index in [0.717, 1.165) is 0 Å². The highest BCUT2D eigenvalue weighted by Gasteiger charge is 2.26. The maximum atomic E-state index is 11.9. The van der Waals surface area contributed by atoms with E-state index in [9.17, 15) is 22.8 Å². The molecule has 0 atom stereocenters. The number of halogens is 3. The average Bonchev–Trinajstić information content (AvgIpc) is 2.37. The lowest BCUT2D eigenvalue weighted by Crippen LogP contribution is -2.35. The largest absolute Gasteiger partial charge is 0.401 e. The predicted molar refractivity (Wildman–Crippen MR) is 72.9 cm³/mol. The molecule has 0 bridgehead atoms. The van der Waals surface area contributed by atoms with Crippen LogP contribution in [0.25, 0.3) is 0 Å². The fraction of sp³-hybridized carbons (Fsp3) is 0.385. The minimum absolute atomic E-state index is 0.176. The molecule has 0 aromatic heterocycles.